The molecule has 0 aromatic heterocycles. The molecule has 2 unspecified atom stereocenters. The summed E-state index contributed by atoms with van der Waals surface area (Å²) in [6.07, 6.45) is 0. The third kappa shape index (κ3) is 4.87. The maximum atomic E-state index is 13.1. The van der Waals surface area contributed by atoms with Crippen LogP contribution >= 0.6 is 0 Å². The highest BCUT2D eigenvalue weighted by Crippen LogP contribution is 2.08. The lowest BCUT2D eigenvalue weighted by molar-refractivity contribution is 0.200. The average molecular weight is 268 g/mol. The molecular weight excluding hydrogens is 247 g/mol. The highest BCUT2D eigenvalue weighted by Gasteiger charge is 2.13. The predicted molar refractivity (Wildman–Crippen MR) is 72.2 cm³/mol. The van der Waals surface area contributed by atoms with Gasteiger partial charge in [-0.25, -0.2) is 9.18 Å². The molecule has 0 spiro atoms. The highest BCUT2D eigenvalue weighted by molar-refractivity contribution is 5.74. The van der Waals surface area contributed by atoms with Gasteiger partial charge in [-0.3, -0.25) is 0 Å². The molecule has 5 heteroatoms. The lowest BCUT2D eigenvalue weighted by atomic mass is 10.1. The standard InChI is InChI=1S/C14H21FN2O2/c1-9-6-12(4-5-13(9)15)7-16-14(19)17-11(3)10(2)8-18/h4-6,10-11,18H,7-8H2,1-3H3,(H2,16,17,19). The molecule has 0 heterocycles. The Hall–Kier alpha value is -1.62. The first kappa shape index (κ1) is 15.4. The minimum absolute atomic E-state index is 0.00110. The number of aryl methyl sites for hydroxylation is 1. The molecule has 0 saturated carbocycles. The third-order valence-corrected chi connectivity index (χ3v) is 3.18. The first-order valence-corrected chi connectivity index (χ1v) is 6.34. The van der Waals surface area contributed by atoms with Crippen LogP contribution in [0.5, 0.6) is 0 Å². The van der Waals surface area contributed by atoms with Gasteiger partial charge in [0.25, 0.3) is 0 Å². The van der Waals surface area contributed by atoms with E-state index in [9.17, 15) is 9.18 Å². The molecule has 1 aromatic carbocycles. The number of carbonyl (C=O) groups excluding carboxylic acids is 1. The van der Waals surface area contributed by atoms with Gasteiger partial charge in [0.05, 0.1) is 0 Å². The summed E-state index contributed by atoms with van der Waals surface area (Å²) in [7, 11) is 0. The Bertz CT molecular complexity index is 437. The number of benzene rings is 1. The van der Waals surface area contributed by atoms with Gasteiger partial charge >= 0.3 is 6.03 Å². The van der Waals surface area contributed by atoms with E-state index in [-0.39, 0.29) is 30.4 Å². The Kier molecular flexibility index (Phi) is 5.76. The topological polar surface area (TPSA) is 61.4 Å². The molecule has 1 rings (SSSR count). The second-order valence-electron chi connectivity index (χ2n) is 4.86. The van der Waals surface area contributed by atoms with Gasteiger partial charge in [0.2, 0.25) is 0 Å². The summed E-state index contributed by atoms with van der Waals surface area (Å²) in [6.45, 7) is 5.74. The van der Waals surface area contributed by atoms with E-state index in [0.29, 0.717) is 12.1 Å². The van der Waals surface area contributed by atoms with Gasteiger partial charge in [-0.15, -0.1) is 0 Å². The summed E-state index contributed by atoms with van der Waals surface area (Å²) in [6, 6.07) is 4.33. The van der Waals surface area contributed by atoms with E-state index in [2.05, 4.69) is 10.6 Å². The molecule has 0 saturated heterocycles. The van der Waals surface area contributed by atoms with E-state index in [1.165, 1.54) is 6.07 Å². The number of rotatable bonds is 5. The molecule has 0 aliphatic carbocycles. The van der Waals surface area contributed by atoms with E-state index in [0.717, 1.165) is 5.56 Å². The molecule has 1 aromatic rings. The molecular formula is C14H21FN2O2. The van der Waals surface area contributed by atoms with Crippen LogP contribution in [0, 0.1) is 18.7 Å². The van der Waals surface area contributed by atoms with Crippen molar-refractivity contribution in [1.82, 2.24) is 10.6 Å². The highest BCUT2D eigenvalue weighted by atomic mass is 19.1. The molecule has 0 bridgehead atoms. The van der Waals surface area contributed by atoms with Gasteiger partial charge in [-0.2, -0.15) is 0 Å². The number of aliphatic hydroxyl groups is 1. The fourth-order valence-corrected chi connectivity index (χ4v) is 1.56. The molecule has 19 heavy (non-hydrogen) atoms. The van der Waals surface area contributed by atoms with E-state index < -0.39 is 0 Å². The van der Waals surface area contributed by atoms with Crippen molar-refractivity contribution in [2.24, 2.45) is 5.92 Å². The van der Waals surface area contributed by atoms with Crippen LogP contribution in [0.2, 0.25) is 0 Å². The van der Waals surface area contributed by atoms with Gasteiger partial charge in [-0.05, 0) is 37.0 Å². The van der Waals surface area contributed by atoms with Gasteiger partial charge < -0.3 is 15.7 Å². The summed E-state index contributed by atoms with van der Waals surface area (Å²) in [5.41, 5.74) is 1.40. The molecule has 0 radical (unpaired) electrons. The van der Waals surface area contributed by atoms with Crippen molar-refractivity contribution in [2.75, 3.05) is 6.61 Å². The molecule has 4 nitrogen and oxygen atoms in total. The van der Waals surface area contributed by atoms with Crippen molar-refractivity contribution in [3.05, 3.63) is 35.1 Å². The number of carbonyl (C=O) groups is 1. The van der Waals surface area contributed by atoms with Crippen LogP contribution in [0.15, 0.2) is 18.2 Å². The molecule has 3 N–H and O–H groups in total. The molecule has 2 amide bonds. The summed E-state index contributed by atoms with van der Waals surface area (Å²) in [5, 5.41) is 14.4. The number of nitrogens with one attached hydrogen (secondary N) is 2. The van der Waals surface area contributed by atoms with Gasteiger partial charge in [0, 0.05) is 19.2 Å². The zero-order valence-corrected chi connectivity index (χ0v) is 11.5. The van der Waals surface area contributed by atoms with E-state index in [4.69, 9.17) is 5.11 Å². The second kappa shape index (κ2) is 7.09. The van der Waals surface area contributed by atoms with Crippen molar-refractivity contribution < 1.29 is 14.3 Å². The van der Waals surface area contributed by atoms with Crippen LogP contribution < -0.4 is 10.6 Å². The van der Waals surface area contributed by atoms with Crippen LogP contribution in [0.3, 0.4) is 0 Å². The summed E-state index contributed by atoms with van der Waals surface area (Å²) in [5.74, 6) is -0.252. The number of hydrogen-bond acceptors (Lipinski definition) is 2. The zero-order chi connectivity index (χ0) is 14.4. The molecule has 0 aliphatic heterocycles. The van der Waals surface area contributed by atoms with Gasteiger partial charge in [-0.1, -0.05) is 19.1 Å². The Balaban J connectivity index is 2.43. The summed E-state index contributed by atoms with van der Waals surface area (Å²) >= 11 is 0. The third-order valence-electron chi connectivity index (χ3n) is 3.18. The maximum absolute atomic E-state index is 13.1. The van der Waals surface area contributed by atoms with Gasteiger partial charge in [0.15, 0.2) is 0 Å². The van der Waals surface area contributed by atoms with Crippen molar-refractivity contribution in [3.63, 3.8) is 0 Å². The Morgan fingerprint density at radius 3 is 2.68 bits per heavy atom. The first-order valence-electron chi connectivity index (χ1n) is 6.34. The van der Waals surface area contributed by atoms with Crippen molar-refractivity contribution >= 4 is 6.03 Å². The smallest absolute Gasteiger partial charge is 0.315 e. The Labute approximate surface area is 113 Å². The Morgan fingerprint density at radius 2 is 2.11 bits per heavy atom. The van der Waals surface area contributed by atoms with Crippen molar-refractivity contribution in [3.8, 4) is 0 Å². The molecule has 0 fully saturated rings. The number of aliphatic hydroxyl groups excluding tert-OH is 1. The van der Waals surface area contributed by atoms with Crippen LogP contribution in [-0.4, -0.2) is 23.8 Å². The predicted octanol–water partition coefficient (Wildman–Crippen LogP) is 1.95. The summed E-state index contributed by atoms with van der Waals surface area (Å²) < 4.78 is 13.1. The minimum Gasteiger partial charge on any atom is -0.396 e. The van der Waals surface area contributed by atoms with Crippen LogP contribution in [0.4, 0.5) is 9.18 Å². The number of halogens is 1. The monoisotopic (exact) mass is 268 g/mol. The normalized spacial score (nSPS) is 13.7. The fourth-order valence-electron chi connectivity index (χ4n) is 1.56. The van der Waals surface area contributed by atoms with Crippen LogP contribution in [0.1, 0.15) is 25.0 Å². The number of hydrogen-bond donors (Lipinski definition) is 3. The lowest BCUT2D eigenvalue weighted by Crippen LogP contribution is -2.43. The SMILES string of the molecule is Cc1cc(CNC(=O)NC(C)C(C)CO)ccc1F. The quantitative estimate of drug-likeness (QED) is 0.764. The average Bonchev–Trinajstić information content (AvgIpc) is 2.39. The lowest BCUT2D eigenvalue weighted by Gasteiger charge is -2.19. The fraction of sp³-hybridized carbons (Fsp3) is 0.500. The van der Waals surface area contributed by atoms with Gasteiger partial charge in [0.1, 0.15) is 5.82 Å². The van der Waals surface area contributed by atoms with Crippen molar-refractivity contribution in [2.45, 2.75) is 33.4 Å². The number of amides is 2. The molecule has 2 atom stereocenters. The Morgan fingerprint density at radius 1 is 1.42 bits per heavy atom. The molecule has 0 aliphatic rings. The van der Waals surface area contributed by atoms with Crippen LogP contribution in [0.25, 0.3) is 0 Å². The number of urea groups is 1. The largest absolute Gasteiger partial charge is 0.396 e. The zero-order valence-electron chi connectivity index (χ0n) is 11.5. The van der Waals surface area contributed by atoms with E-state index >= 15 is 0 Å². The van der Waals surface area contributed by atoms with E-state index in [1.54, 1.807) is 19.1 Å². The maximum Gasteiger partial charge on any atom is 0.315 e. The summed E-state index contributed by atoms with van der Waals surface area (Å²) in [4.78, 5) is 11.6. The van der Waals surface area contributed by atoms with E-state index in [1.807, 2.05) is 13.8 Å². The second-order valence-corrected chi connectivity index (χ2v) is 4.86. The van der Waals surface area contributed by atoms with Crippen LogP contribution in [-0.2, 0) is 6.54 Å². The van der Waals surface area contributed by atoms with Crippen molar-refractivity contribution in [1.29, 1.82) is 0 Å². The molecule has 106 valence electrons. The minimum atomic E-state index is -0.297. The first-order chi connectivity index (χ1) is 8.93.